The summed E-state index contributed by atoms with van der Waals surface area (Å²) in [4.78, 5) is 0.146. The molecule has 22 heavy (non-hydrogen) atoms. The van der Waals surface area contributed by atoms with Crippen molar-refractivity contribution in [1.82, 2.24) is 0 Å². The maximum absolute atomic E-state index is 12.3. The molecule has 0 aliphatic rings. The minimum absolute atomic E-state index is 0.117. The van der Waals surface area contributed by atoms with Crippen LogP contribution in [-0.4, -0.2) is 14.0 Å². The summed E-state index contributed by atoms with van der Waals surface area (Å²) in [6, 6.07) is 13.5. The highest BCUT2D eigenvalue weighted by atomic mass is 32.2. The highest BCUT2D eigenvalue weighted by molar-refractivity contribution is 7.87. The lowest BCUT2D eigenvalue weighted by atomic mass is 10.1. The quantitative estimate of drug-likeness (QED) is 0.866. The van der Waals surface area contributed by atoms with Crippen LogP contribution in [0.15, 0.2) is 53.4 Å². The molecule has 0 atom stereocenters. The second kappa shape index (κ2) is 6.01. The van der Waals surface area contributed by atoms with Gasteiger partial charge in [-0.15, -0.1) is 0 Å². The van der Waals surface area contributed by atoms with Gasteiger partial charge < -0.3 is 9.50 Å². The summed E-state index contributed by atoms with van der Waals surface area (Å²) >= 11 is 0. The van der Waals surface area contributed by atoms with E-state index in [1.165, 1.54) is 0 Å². The standard InChI is InChI=1S/C17H21NO3S/c1-13-8-10-16(11-9-13)22(19,20)21-15-7-5-6-14(12-15)18-17(2,3)4/h5-12,18H,1-4H3. The molecule has 0 aliphatic carbocycles. The maximum atomic E-state index is 12.3. The van der Waals surface area contributed by atoms with Crippen LogP contribution in [0.5, 0.6) is 5.75 Å². The van der Waals surface area contributed by atoms with E-state index in [4.69, 9.17) is 4.18 Å². The molecule has 118 valence electrons. The Morgan fingerprint density at radius 2 is 1.64 bits per heavy atom. The molecule has 0 spiro atoms. The Balaban J connectivity index is 2.23. The largest absolute Gasteiger partial charge is 0.380 e. The molecule has 0 aliphatic heterocycles. The summed E-state index contributed by atoms with van der Waals surface area (Å²) in [7, 11) is -3.82. The van der Waals surface area contributed by atoms with Gasteiger partial charge in [0.2, 0.25) is 0 Å². The Bertz CT molecular complexity index is 744. The van der Waals surface area contributed by atoms with Crippen molar-refractivity contribution in [3.63, 3.8) is 0 Å². The number of rotatable bonds is 4. The van der Waals surface area contributed by atoms with Gasteiger partial charge in [0.05, 0.1) is 0 Å². The van der Waals surface area contributed by atoms with E-state index >= 15 is 0 Å². The first kappa shape index (κ1) is 16.4. The second-order valence-corrected chi connectivity index (χ2v) is 7.80. The van der Waals surface area contributed by atoms with E-state index in [1.54, 1.807) is 42.5 Å². The summed E-state index contributed by atoms with van der Waals surface area (Å²) in [5.41, 5.74) is 1.69. The van der Waals surface area contributed by atoms with Gasteiger partial charge in [-0.1, -0.05) is 23.8 Å². The lowest BCUT2D eigenvalue weighted by Crippen LogP contribution is -2.25. The average Bonchev–Trinajstić information content (AvgIpc) is 2.37. The Labute approximate surface area is 132 Å². The van der Waals surface area contributed by atoms with Crippen LogP contribution in [0.3, 0.4) is 0 Å². The van der Waals surface area contributed by atoms with E-state index in [9.17, 15) is 8.42 Å². The molecule has 0 saturated carbocycles. The Morgan fingerprint density at radius 1 is 1.00 bits per heavy atom. The molecule has 0 radical (unpaired) electrons. The smallest absolute Gasteiger partial charge is 0.339 e. The number of hydrogen-bond acceptors (Lipinski definition) is 4. The fourth-order valence-corrected chi connectivity index (χ4v) is 2.86. The first-order valence-electron chi connectivity index (χ1n) is 7.05. The molecule has 0 aromatic heterocycles. The summed E-state index contributed by atoms with van der Waals surface area (Å²) in [6.07, 6.45) is 0. The van der Waals surface area contributed by atoms with Crippen molar-refractivity contribution in [2.75, 3.05) is 5.32 Å². The molecule has 1 N–H and O–H groups in total. The average molecular weight is 319 g/mol. The van der Waals surface area contributed by atoms with Crippen molar-refractivity contribution in [2.45, 2.75) is 38.1 Å². The van der Waals surface area contributed by atoms with Crippen molar-refractivity contribution >= 4 is 15.8 Å². The van der Waals surface area contributed by atoms with Crippen LogP contribution in [-0.2, 0) is 10.1 Å². The predicted octanol–water partition coefficient (Wildman–Crippen LogP) is 3.97. The first-order valence-corrected chi connectivity index (χ1v) is 8.46. The highest BCUT2D eigenvalue weighted by Crippen LogP contribution is 2.24. The summed E-state index contributed by atoms with van der Waals surface area (Å²) in [5.74, 6) is 0.287. The third-order valence-corrected chi connectivity index (χ3v) is 4.13. The van der Waals surface area contributed by atoms with Crippen LogP contribution < -0.4 is 9.50 Å². The fraction of sp³-hybridized carbons (Fsp3) is 0.294. The van der Waals surface area contributed by atoms with Crippen LogP contribution in [0.1, 0.15) is 26.3 Å². The topological polar surface area (TPSA) is 55.4 Å². The number of nitrogens with one attached hydrogen (secondary N) is 1. The molecule has 2 aromatic carbocycles. The number of hydrogen-bond donors (Lipinski definition) is 1. The minimum atomic E-state index is -3.82. The Morgan fingerprint density at radius 3 is 2.23 bits per heavy atom. The van der Waals surface area contributed by atoms with Crippen molar-refractivity contribution < 1.29 is 12.6 Å². The predicted molar refractivity (Wildman–Crippen MR) is 88.8 cm³/mol. The fourth-order valence-electron chi connectivity index (χ4n) is 1.94. The van der Waals surface area contributed by atoms with E-state index in [2.05, 4.69) is 5.32 Å². The zero-order chi connectivity index (χ0) is 16.4. The molecular formula is C17H21NO3S. The minimum Gasteiger partial charge on any atom is -0.380 e. The number of aryl methyl sites for hydroxylation is 1. The number of benzene rings is 2. The molecule has 2 aromatic rings. The van der Waals surface area contributed by atoms with E-state index in [-0.39, 0.29) is 16.2 Å². The van der Waals surface area contributed by atoms with Gasteiger partial charge in [-0.25, -0.2) is 0 Å². The molecule has 0 amide bonds. The van der Waals surface area contributed by atoms with Crippen molar-refractivity contribution in [3.8, 4) is 5.75 Å². The SMILES string of the molecule is Cc1ccc(S(=O)(=O)Oc2cccc(NC(C)(C)C)c2)cc1. The Hall–Kier alpha value is -2.01. The maximum Gasteiger partial charge on any atom is 0.339 e. The van der Waals surface area contributed by atoms with Crippen LogP contribution in [0.4, 0.5) is 5.69 Å². The summed E-state index contributed by atoms with van der Waals surface area (Å²) < 4.78 is 29.7. The van der Waals surface area contributed by atoms with Crippen molar-refractivity contribution in [2.24, 2.45) is 0 Å². The first-order chi connectivity index (χ1) is 10.2. The number of anilines is 1. The van der Waals surface area contributed by atoms with E-state index in [0.29, 0.717) is 0 Å². The molecule has 4 nitrogen and oxygen atoms in total. The molecular weight excluding hydrogens is 298 g/mol. The molecule has 5 heteroatoms. The van der Waals surface area contributed by atoms with E-state index in [0.717, 1.165) is 11.3 Å². The summed E-state index contributed by atoms with van der Waals surface area (Å²) in [5, 5.41) is 3.28. The molecule has 0 fully saturated rings. The summed E-state index contributed by atoms with van der Waals surface area (Å²) in [6.45, 7) is 8.00. The third-order valence-electron chi connectivity index (χ3n) is 2.87. The van der Waals surface area contributed by atoms with Gasteiger partial charge in [-0.2, -0.15) is 8.42 Å². The van der Waals surface area contributed by atoms with Gasteiger partial charge in [-0.3, -0.25) is 0 Å². The third kappa shape index (κ3) is 4.49. The molecule has 2 rings (SSSR count). The van der Waals surface area contributed by atoms with Gasteiger partial charge in [0.25, 0.3) is 0 Å². The van der Waals surface area contributed by atoms with Crippen molar-refractivity contribution in [3.05, 3.63) is 54.1 Å². The van der Waals surface area contributed by atoms with Crippen LogP contribution >= 0.6 is 0 Å². The van der Waals surface area contributed by atoms with E-state index < -0.39 is 10.1 Å². The van der Waals surface area contributed by atoms with E-state index in [1.807, 2.05) is 33.8 Å². The Kier molecular flexibility index (Phi) is 4.47. The van der Waals surface area contributed by atoms with Crippen LogP contribution in [0, 0.1) is 6.92 Å². The zero-order valence-corrected chi connectivity index (χ0v) is 14.1. The lowest BCUT2D eigenvalue weighted by molar-refractivity contribution is 0.486. The van der Waals surface area contributed by atoms with Gasteiger partial charge in [0, 0.05) is 17.3 Å². The second-order valence-electron chi connectivity index (χ2n) is 6.25. The van der Waals surface area contributed by atoms with Crippen LogP contribution in [0.2, 0.25) is 0 Å². The van der Waals surface area contributed by atoms with Gasteiger partial charge in [0.1, 0.15) is 10.6 Å². The van der Waals surface area contributed by atoms with Gasteiger partial charge in [-0.05, 0) is 52.0 Å². The highest BCUT2D eigenvalue weighted by Gasteiger charge is 2.17. The molecule has 0 bridgehead atoms. The monoisotopic (exact) mass is 319 g/mol. The zero-order valence-electron chi connectivity index (χ0n) is 13.3. The van der Waals surface area contributed by atoms with Gasteiger partial charge >= 0.3 is 10.1 Å². The molecule has 0 unspecified atom stereocenters. The van der Waals surface area contributed by atoms with Gasteiger partial charge in [0.15, 0.2) is 0 Å². The normalized spacial score (nSPS) is 12.0. The lowest BCUT2D eigenvalue weighted by Gasteiger charge is -2.22. The van der Waals surface area contributed by atoms with Crippen LogP contribution in [0.25, 0.3) is 0 Å². The molecule has 0 saturated heterocycles. The molecule has 0 heterocycles. The van der Waals surface area contributed by atoms with Crippen molar-refractivity contribution in [1.29, 1.82) is 0 Å².